The minimum absolute atomic E-state index is 0.569. The molecule has 7 heteroatoms. The number of aromatic nitrogens is 1. The third-order valence-electron chi connectivity index (χ3n) is 3.65. The molecule has 2 heterocycles. The Morgan fingerprint density at radius 2 is 2.00 bits per heavy atom. The van der Waals surface area contributed by atoms with E-state index in [4.69, 9.17) is 27.6 Å². The van der Waals surface area contributed by atoms with Crippen molar-refractivity contribution in [3.63, 3.8) is 0 Å². The summed E-state index contributed by atoms with van der Waals surface area (Å²) >= 11 is 13.9. The van der Waals surface area contributed by atoms with Crippen molar-refractivity contribution in [2.75, 3.05) is 11.9 Å². The van der Waals surface area contributed by atoms with Crippen molar-refractivity contribution < 1.29 is 4.42 Å². The fourth-order valence-corrected chi connectivity index (χ4v) is 3.88. The molecule has 0 saturated heterocycles. The largest absolute Gasteiger partial charge is 0.441 e. The van der Waals surface area contributed by atoms with E-state index in [0.717, 1.165) is 26.7 Å². The molecule has 1 aliphatic heterocycles. The Bertz CT molecular complexity index is 1010. The van der Waals surface area contributed by atoms with Crippen LogP contribution in [0.3, 0.4) is 0 Å². The number of fused-ring (bicyclic) bond motifs is 1. The third kappa shape index (κ3) is 3.54. The Morgan fingerprint density at radius 1 is 1.20 bits per heavy atom. The molecule has 0 radical (unpaired) electrons. The molecule has 0 aliphatic carbocycles. The van der Waals surface area contributed by atoms with Crippen LogP contribution in [0.25, 0.3) is 17.2 Å². The molecular weight excluding hydrogens is 377 g/mol. The van der Waals surface area contributed by atoms with Crippen LogP contribution in [0.4, 0.5) is 5.69 Å². The summed E-state index contributed by atoms with van der Waals surface area (Å²) in [6.45, 7) is 2.46. The van der Waals surface area contributed by atoms with Gasteiger partial charge >= 0.3 is 0 Å². The molecule has 25 heavy (non-hydrogen) atoms. The zero-order valence-corrected chi connectivity index (χ0v) is 15.5. The molecule has 4 rings (SSSR count). The van der Waals surface area contributed by atoms with Gasteiger partial charge in [-0.25, -0.2) is 4.98 Å². The maximum Gasteiger partial charge on any atom is 0.192 e. The lowest BCUT2D eigenvalue weighted by Crippen LogP contribution is -2.05. The number of nitrogens with one attached hydrogen (secondary N) is 1. The normalized spacial score (nSPS) is 15.8. The fourth-order valence-electron chi connectivity index (χ4n) is 2.53. The van der Waals surface area contributed by atoms with Crippen LogP contribution in [0, 0.1) is 6.92 Å². The number of amidine groups is 1. The number of thioether (sulfide) groups is 1. The van der Waals surface area contributed by atoms with Gasteiger partial charge in [0.25, 0.3) is 0 Å². The van der Waals surface area contributed by atoms with Crippen LogP contribution in [-0.4, -0.2) is 16.7 Å². The highest BCUT2D eigenvalue weighted by Gasteiger charge is 2.16. The Kier molecular flexibility index (Phi) is 4.46. The molecule has 0 amide bonds. The second-order valence-electron chi connectivity index (χ2n) is 5.52. The van der Waals surface area contributed by atoms with Crippen molar-refractivity contribution >= 4 is 63.0 Å². The molecule has 3 aromatic rings. The van der Waals surface area contributed by atoms with Gasteiger partial charge in [0.2, 0.25) is 0 Å². The summed E-state index contributed by atoms with van der Waals surface area (Å²) in [7, 11) is 0. The summed E-state index contributed by atoms with van der Waals surface area (Å²) in [5, 5.41) is 5.12. The van der Waals surface area contributed by atoms with Gasteiger partial charge in [0.05, 0.1) is 22.3 Å². The lowest BCUT2D eigenvalue weighted by Gasteiger charge is -2.09. The zero-order chi connectivity index (χ0) is 17.4. The Hall–Kier alpha value is -1.95. The second-order valence-corrected chi connectivity index (χ2v) is 7.45. The number of benzene rings is 2. The van der Waals surface area contributed by atoms with E-state index in [9.17, 15) is 0 Å². The predicted molar refractivity (Wildman–Crippen MR) is 107 cm³/mol. The molecule has 126 valence electrons. The SMILES string of the molecule is Cc1nc2ccc(C=C3CN=C(Nc4c(Cl)cccc4Cl)S3)cc2o1. The molecule has 0 spiro atoms. The first-order valence-corrected chi connectivity index (χ1v) is 9.17. The van der Waals surface area contributed by atoms with E-state index in [1.807, 2.05) is 31.2 Å². The summed E-state index contributed by atoms with van der Waals surface area (Å²) < 4.78 is 5.58. The highest BCUT2D eigenvalue weighted by atomic mass is 35.5. The van der Waals surface area contributed by atoms with Crippen molar-refractivity contribution in [2.45, 2.75) is 6.92 Å². The number of hydrogen-bond donors (Lipinski definition) is 1. The standard InChI is InChI=1S/C18H13Cl2N3OS/c1-10-22-15-6-5-11(8-16(15)24-10)7-12-9-21-18(25-12)23-17-13(19)3-2-4-14(17)20/h2-8H,9H2,1H3,(H,21,23). The third-order valence-corrected chi connectivity index (χ3v) is 5.21. The van der Waals surface area contributed by atoms with Crippen LogP contribution in [0.2, 0.25) is 10.0 Å². The molecule has 0 bridgehead atoms. The van der Waals surface area contributed by atoms with Crippen LogP contribution >= 0.6 is 35.0 Å². The summed E-state index contributed by atoms with van der Waals surface area (Å²) in [5.41, 5.74) is 3.39. The lowest BCUT2D eigenvalue weighted by atomic mass is 10.2. The summed E-state index contributed by atoms with van der Waals surface area (Å²) in [6.07, 6.45) is 2.09. The molecular formula is C18H13Cl2N3OS. The van der Waals surface area contributed by atoms with Crippen molar-refractivity contribution in [1.82, 2.24) is 4.98 Å². The molecule has 0 unspecified atom stereocenters. The maximum absolute atomic E-state index is 6.19. The quantitative estimate of drug-likeness (QED) is 0.583. The van der Waals surface area contributed by atoms with Crippen LogP contribution in [0.1, 0.15) is 11.5 Å². The smallest absolute Gasteiger partial charge is 0.192 e. The van der Waals surface area contributed by atoms with Gasteiger partial charge in [-0.15, -0.1) is 0 Å². The fraction of sp³-hybridized carbons (Fsp3) is 0.111. The molecule has 0 fully saturated rings. The van der Waals surface area contributed by atoms with Crippen LogP contribution in [0.5, 0.6) is 0 Å². The molecule has 1 aromatic heterocycles. The summed E-state index contributed by atoms with van der Waals surface area (Å²) in [6, 6.07) is 11.4. The van der Waals surface area contributed by atoms with Crippen molar-refractivity contribution in [3.05, 3.63) is 62.8 Å². The van der Waals surface area contributed by atoms with Gasteiger partial charge < -0.3 is 9.73 Å². The van der Waals surface area contributed by atoms with Crippen molar-refractivity contribution in [3.8, 4) is 0 Å². The number of anilines is 1. The minimum Gasteiger partial charge on any atom is -0.441 e. The van der Waals surface area contributed by atoms with Gasteiger partial charge in [-0.3, -0.25) is 4.99 Å². The van der Waals surface area contributed by atoms with E-state index < -0.39 is 0 Å². The first kappa shape index (κ1) is 16.5. The number of nitrogens with zero attached hydrogens (tertiary/aromatic N) is 2. The van der Waals surface area contributed by atoms with Gasteiger partial charge in [0.15, 0.2) is 16.6 Å². The minimum atomic E-state index is 0.569. The van der Waals surface area contributed by atoms with Gasteiger partial charge in [0.1, 0.15) is 5.52 Å². The molecule has 2 aromatic carbocycles. The number of para-hydroxylation sites is 1. The number of oxazole rings is 1. The molecule has 0 atom stereocenters. The summed E-state index contributed by atoms with van der Waals surface area (Å²) in [5.74, 6) is 0.668. The first-order chi connectivity index (χ1) is 12.1. The first-order valence-electron chi connectivity index (χ1n) is 7.59. The Labute approximate surface area is 158 Å². The predicted octanol–water partition coefficient (Wildman–Crippen LogP) is 6.00. The Balaban J connectivity index is 1.51. The number of halogens is 2. The van der Waals surface area contributed by atoms with Crippen LogP contribution in [-0.2, 0) is 0 Å². The van der Waals surface area contributed by atoms with E-state index >= 15 is 0 Å². The lowest BCUT2D eigenvalue weighted by molar-refractivity contribution is 0.561. The van der Waals surface area contributed by atoms with Crippen LogP contribution < -0.4 is 5.32 Å². The molecule has 1 N–H and O–H groups in total. The van der Waals surface area contributed by atoms with Crippen LogP contribution in [0.15, 0.2) is 50.7 Å². The average molecular weight is 390 g/mol. The zero-order valence-electron chi connectivity index (χ0n) is 13.2. The van der Waals surface area contributed by atoms with Gasteiger partial charge in [-0.1, -0.05) is 47.1 Å². The van der Waals surface area contributed by atoms with E-state index in [-0.39, 0.29) is 0 Å². The number of aryl methyl sites for hydroxylation is 1. The van der Waals surface area contributed by atoms with Gasteiger partial charge in [-0.2, -0.15) is 0 Å². The molecule has 4 nitrogen and oxygen atoms in total. The van der Waals surface area contributed by atoms with Crippen molar-refractivity contribution in [2.24, 2.45) is 4.99 Å². The maximum atomic E-state index is 6.19. The van der Waals surface area contributed by atoms with E-state index in [1.165, 1.54) is 0 Å². The second kappa shape index (κ2) is 6.75. The topological polar surface area (TPSA) is 50.4 Å². The number of rotatable bonds is 2. The van der Waals surface area contributed by atoms with Gasteiger partial charge in [0, 0.05) is 11.8 Å². The summed E-state index contributed by atoms with van der Waals surface area (Å²) in [4.78, 5) is 9.94. The average Bonchev–Trinajstić information content (AvgIpc) is 3.16. The van der Waals surface area contributed by atoms with E-state index in [1.54, 1.807) is 23.9 Å². The number of aliphatic imine (C=N–C) groups is 1. The number of hydrogen-bond acceptors (Lipinski definition) is 5. The van der Waals surface area contributed by atoms with E-state index in [2.05, 4.69) is 21.4 Å². The monoisotopic (exact) mass is 389 g/mol. The van der Waals surface area contributed by atoms with Crippen molar-refractivity contribution in [1.29, 1.82) is 0 Å². The molecule has 0 saturated carbocycles. The van der Waals surface area contributed by atoms with E-state index in [0.29, 0.717) is 28.2 Å². The van der Waals surface area contributed by atoms with Gasteiger partial charge in [-0.05, 0) is 35.9 Å². The highest BCUT2D eigenvalue weighted by molar-refractivity contribution is 8.17. The highest BCUT2D eigenvalue weighted by Crippen LogP contribution is 2.34. The Morgan fingerprint density at radius 3 is 2.80 bits per heavy atom. The molecule has 1 aliphatic rings.